The molecule has 0 spiro atoms. The highest BCUT2D eigenvalue weighted by atomic mass is 32.1. The van der Waals surface area contributed by atoms with Crippen LogP contribution in [-0.2, 0) is 4.79 Å². The van der Waals surface area contributed by atoms with Crippen molar-refractivity contribution >= 4 is 33.3 Å². The summed E-state index contributed by atoms with van der Waals surface area (Å²) < 4.78 is 0. The fourth-order valence-electron chi connectivity index (χ4n) is 1.83. The molecule has 0 bridgehead atoms. The molecule has 0 fully saturated rings. The third-order valence-electron chi connectivity index (χ3n) is 3.01. The second-order valence-electron chi connectivity index (χ2n) is 4.39. The molecule has 0 aliphatic carbocycles. The smallest absolute Gasteiger partial charge is 0.328 e. The Morgan fingerprint density at radius 3 is 2.68 bits per heavy atom. The van der Waals surface area contributed by atoms with Crippen molar-refractivity contribution in [2.24, 2.45) is 0 Å². The Morgan fingerprint density at radius 2 is 2.11 bits per heavy atom. The number of aryl methyl sites for hydroxylation is 2. The first kappa shape index (κ1) is 13.7. The zero-order valence-corrected chi connectivity index (χ0v) is 11.7. The van der Waals surface area contributed by atoms with E-state index in [-0.39, 0.29) is 0 Å². The number of nitrogens with one attached hydrogen (secondary N) is 1. The highest BCUT2D eigenvalue weighted by Crippen LogP contribution is 2.32. The molecule has 3 N–H and O–H groups in total. The molecule has 0 saturated heterocycles. The van der Waals surface area contributed by atoms with Gasteiger partial charge in [0.2, 0.25) is 0 Å². The highest BCUT2D eigenvalue weighted by Gasteiger charge is 2.24. The maximum atomic E-state index is 11.1. The van der Waals surface area contributed by atoms with Crippen molar-refractivity contribution in [3.05, 3.63) is 16.8 Å². The van der Waals surface area contributed by atoms with Crippen LogP contribution < -0.4 is 5.32 Å². The number of aliphatic carboxylic acids is 1. The number of hydrogen-bond donors (Lipinski definition) is 3. The Kier molecular flexibility index (Phi) is 3.68. The third-order valence-corrected chi connectivity index (χ3v) is 4.12. The lowest BCUT2D eigenvalue weighted by atomic mass is 10.1. The minimum Gasteiger partial charge on any atom is -0.480 e. The van der Waals surface area contributed by atoms with Gasteiger partial charge in [-0.25, -0.2) is 14.8 Å². The molecule has 6 nitrogen and oxygen atoms in total. The quantitative estimate of drug-likeness (QED) is 0.787. The van der Waals surface area contributed by atoms with Crippen molar-refractivity contribution in [1.29, 1.82) is 0 Å². The number of aliphatic hydroxyl groups excluding tert-OH is 1. The molecule has 0 amide bonds. The van der Waals surface area contributed by atoms with Crippen LogP contribution in [0.25, 0.3) is 10.2 Å². The summed E-state index contributed by atoms with van der Waals surface area (Å²) in [6.45, 7) is 5.35. The van der Waals surface area contributed by atoms with E-state index >= 15 is 0 Å². The molecule has 0 saturated carbocycles. The van der Waals surface area contributed by atoms with Gasteiger partial charge in [0.1, 0.15) is 17.0 Å². The van der Waals surface area contributed by atoms with E-state index in [9.17, 15) is 9.90 Å². The molecular formula is C12H15N3O3S. The lowest BCUT2D eigenvalue weighted by Gasteiger charge is -2.18. The Morgan fingerprint density at radius 1 is 1.42 bits per heavy atom. The van der Waals surface area contributed by atoms with Gasteiger partial charge in [0.15, 0.2) is 6.04 Å². The molecule has 2 aromatic rings. The van der Waals surface area contributed by atoms with Crippen molar-refractivity contribution in [1.82, 2.24) is 9.97 Å². The van der Waals surface area contributed by atoms with E-state index in [0.29, 0.717) is 5.82 Å². The number of rotatable bonds is 4. The highest BCUT2D eigenvalue weighted by molar-refractivity contribution is 7.18. The molecule has 19 heavy (non-hydrogen) atoms. The van der Waals surface area contributed by atoms with E-state index in [1.165, 1.54) is 24.6 Å². The maximum absolute atomic E-state index is 11.1. The van der Waals surface area contributed by atoms with Gasteiger partial charge >= 0.3 is 5.97 Å². The van der Waals surface area contributed by atoms with Gasteiger partial charge in [-0.05, 0) is 26.3 Å². The average molecular weight is 281 g/mol. The maximum Gasteiger partial charge on any atom is 0.328 e. The zero-order valence-electron chi connectivity index (χ0n) is 10.8. The first-order chi connectivity index (χ1) is 8.91. The Balaban J connectivity index is 2.48. The molecule has 2 heterocycles. The molecule has 0 radical (unpaired) electrons. The van der Waals surface area contributed by atoms with Gasteiger partial charge in [0.25, 0.3) is 0 Å². The molecule has 2 unspecified atom stereocenters. The van der Waals surface area contributed by atoms with Crippen LogP contribution in [0.5, 0.6) is 0 Å². The topological polar surface area (TPSA) is 95.3 Å². The first-order valence-corrected chi connectivity index (χ1v) is 6.61. The number of aliphatic hydroxyl groups is 1. The predicted molar refractivity (Wildman–Crippen MR) is 73.6 cm³/mol. The van der Waals surface area contributed by atoms with Crippen molar-refractivity contribution < 1.29 is 15.0 Å². The van der Waals surface area contributed by atoms with Crippen LogP contribution in [0, 0.1) is 13.8 Å². The summed E-state index contributed by atoms with van der Waals surface area (Å²) in [6.07, 6.45) is 0.364. The predicted octanol–water partition coefficient (Wildman–Crippen LogP) is 1.55. The molecule has 0 aromatic carbocycles. The van der Waals surface area contributed by atoms with Gasteiger partial charge in [0, 0.05) is 4.88 Å². The number of carbonyl (C=O) groups is 1. The minimum absolute atomic E-state index is 0.445. The van der Waals surface area contributed by atoms with Crippen molar-refractivity contribution in [2.45, 2.75) is 32.9 Å². The minimum atomic E-state index is -1.12. The van der Waals surface area contributed by atoms with E-state index in [1.54, 1.807) is 0 Å². The molecular weight excluding hydrogens is 266 g/mol. The number of hydrogen-bond acceptors (Lipinski definition) is 6. The molecule has 0 aliphatic heterocycles. The number of anilines is 1. The Bertz CT molecular complexity index is 624. The normalized spacial score (nSPS) is 14.3. The summed E-state index contributed by atoms with van der Waals surface area (Å²) in [5.41, 5.74) is 1.03. The van der Waals surface area contributed by atoms with Crippen LogP contribution >= 0.6 is 11.3 Å². The third kappa shape index (κ3) is 2.52. The van der Waals surface area contributed by atoms with Crippen LogP contribution in [-0.4, -0.2) is 38.3 Å². The monoisotopic (exact) mass is 281 g/mol. The lowest BCUT2D eigenvalue weighted by Crippen LogP contribution is -2.39. The summed E-state index contributed by atoms with van der Waals surface area (Å²) in [4.78, 5) is 21.3. The number of fused-ring (bicyclic) bond motifs is 1. The fraction of sp³-hybridized carbons (Fsp3) is 0.417. The summed E-state index contributed by atoms with van der Waals surface area (Å²) in [6, 6.07) is -1.10. The van der Waals surface area contributed by atoms with Gasteiger partial charge in [-0.1, -0.05) is 0 Å². The SMILES string of the molecule is Cc1sc2ncnc(NC(C(=O)O)C(C)O)c2c1C. The van der Waals surface area contributed by atoms with Crippen LogP contribution in [0.1, 0.15) is 17.4 Å². The number of carboxylic acids is 1. The average Bonchev–Trinajstić information content (AvgIpc) is 2.62. The number of aromatic nitrogens is 2. The molecule has 0 aliphatic rings. The van der Waals surface area contributed by atoms with E-state index in [0.717, 1.165) is 20.7 Å². The van der Waals surface area contributed by atoms with Crippen LogP contribution in [0.2, 0.25) is 0 Å². The van der Waals surface area contributed by atoms with Crippen molar-refractivity contribution in [3.63, 3.8) is 0 Å². The number of thiophene rings is 1. The molecule has 7 heteroatoms. The Labute approximate surface area is 114 Å². The van der Waals surface area contributed by atoms with Crippen LogP contribution in [0.3, 0.4) is 0 Å². The molecule has 2 aromatic heterocycles. The summed E-state index contributed by atoms with van der Waals surface area (Å²) in [5, 5.41) is 22.2. The van der Waals surface area contributed by atoms with E-state index in [2.05, 4.69) is 15.3 Å². The fourth-order valence-corrected chi connectivity index (χ4v) is 2.82. The second kappa shape index (κ2) is 5.10. The second-order valence-corrected chi connectivity index (χ2v) is 5.59. The number of nitrogens with zero attached hydrogens (tertiary/aromatic N) is 2. The van der Waals surface area contributed by atoms with E-state index in [4.69, 9.17) is 5.11 Å². The lowest BCUT2D eigenvalue weighted by molar-refractivity contribution is -0.140. The Hall–Kier alpha value is -1.73. The first-order valence-electron chi connectivity index (χ1n) is 5.80. The van der Waals surface area contributed by atoms with Crippen molar-refractivity contribution in [2.75, 3.05) is 5.32 Å². The molecule has 2 rings (SSSR count). The van der Waals surface area contributed by atoms with Crippen molar-refractivity contribution in [3.8, 4) is 0 Å². The standard InChI is InChI=1S/C12H15N3O3S/c1-5-7(3)19-11-8(5)10(13-4-14-11)15-9(6(2)16)12(17)18/h4,6,9,16H,1-3H3,(H,17,18)(H,13,14,15). The summed E-state index contributed by atoms with van der Waals surface area (Å²) in [7, 11) is 0. The summed E-state index contributed by atoms with van der Waals surface area (Å²) in [5.74, 6) is -0.675. The molecule has 2 atom stereocenters. The largest absolute Gasteiger partial charge is 0.480 e. The van der Waals surface area contributed by atoms with Gasteiger partial charge in [0.05, 0.1) is 11.5 Å². The van der Waals surface area contributed by atoms with Gasteiger partial charge in [-0.15, -0.1) is 11.3 Å². The van der Waals surface area contributed by atoms with E-state index in [1.807, 2.05) is 13.8 Å². The van der Waals surface area contributed by atoms with Gasteiger partial charge in [-0.2, -0.15) is 0 Å². The van der Waals surface area contributed by atoms with E-state index < -0.39 is 18.1 Å². The van der Waals surface area contributed by atoms with Gasteiger partial charge < -0.3 is 15.5 Å². The van der Waals surface area contributed by atoms with Crippen LogP contribution in [0.15, 0.2) is 6.33 Å². The van der Waals surface area contributed by atoms with Gasteiger partial charge in [-0.3, -0.25) is 0 Å². The zero-order chi connectivity index (χ0) is 14.2. The van der Waals surface area contributed by atoms with Crippen LogP contribution in [0.4, 0.5) is 5.82 Å². The number of carboxylic acid groups (broad SMARTS) is 1. The summed E-state index contributed by atoms with van der Waals surface area (Å²) >= 11 is 1.54. The molecule has 102 valence electrons.